The predicted octanol–water partition coefficient (Wildman–Crippen LogP) is 2.37. The van der Waals surface area contributed by atoms with Crippen LogP contribution in [0.1, 0.15) is 10.5 Å². The molecule has 0 bridgehead atoms. The van der Waals surface area contributed by atoms with E-state index in [9.17, 15) is 9.18 Å². The molecule has 3 N–H and O–H groups in total. The summed E-state index contributed by atoms with van der Waals surface area (Å²) < 4.78 is 12.7. The van der Waals surface area contributed by atoms with Gasteiger partial charge < -0.3 is 0 Å². The minimum Gasteiger partial charge on any atom is -0.297 e. The molecule has 0 saturated carbocycles. The lowest BCUT2D eigenvalue weighted by Gasteiger charge is -2.06. The van der Waals surface area contributed by atoms with Gasteiger partial charge in [-0.15, -0.1) is 0 Å². The molecule has 0 aliphatic carbocycles. The first kappa shape index (κ1) is 13.7. The van der Waals surface area contributed by atoms with Gasteiger partial charge in [0.25, 0.3) is 5.91 Å². The highest BCUT2D eigenvalue weighted by Gasteiger charge is 2.10. The molecular weight excluding hydrogens is 285 g/mol. The average molecular weight is 297 g/mol. The van der Waals surface area contributed by atoms with E-state index in [0.29, 0.717) is 17.1 Å². The van der Waals surface area contributed by atoms with Crippen molar-refractivity contribution in [3.05, 3.63) is 66.4 Å². The number of H-pyrrole nitrogens is 1. The summed E-state index contributed by atoms with van der Waals surface area (Å²) >= 11 is 0. The molecule has 0 aliphatic rings. The first-order chi connectivity index (χ1) is 10.7. The molecular formula is C15H12FN5O. The summed E-state index contributed by atoms with van der Waals surface area (Å²) in [5, 5.41) is 6.77. The Morgan fingerprint density at radius 1 is 1.14 bits per heavy atom. The number of carbonyl (C=O) groups excluding carboxylic acids is 1. The summed E-state index contributed by atoms with van der Waals surface area (Å²) in [4.78, 5) is 15.5. The van der Waals surface area contributed by atoms with E-state index < -0.39 is 5.95 Å². The number of hydrogen-bond acceptors (Lipinski definition) is 4. The van der Waals surface area contributed by atoms with Crippen molar-refractivity contribution in [2.24, 2.45) is 0 Å². The Morgan fingerprint density at radius 3 is 2.68 bits per heavy atom. The Hall–Kier alpha value is -3.22. The van der Waals surface area contributed by atoms with Crippen LogP contribution in [-0.4, -0.2) is 21.1 Å². The van der Waals surface area contributed by atoms with Crippen LogP contribution < -0.4 is 10.9 Å². The van der Waals surface area contributed by atoms with Crippen LogP contribution >= 0.6 is 0 Å². The minimum atomic E-state index is -0.585. The number of benzene rings is 1. The molecule has 3 aromatic rings. The zero-order chi connectivity index (χ0) is 15.4. The van der Waals surface area contributed by atoms with Gasteiger partial charge in [-0.05, 0) is 18.2 Å². The molecule has 0 saturated heterocycles. The zero-order valence-corrected chi connectivity index (χ0v) is 11.4. The standard InChI is InChI=1S/C15H12FN5O/c16-14-7-6-11(9-17-14)18-21-15(22)13-8-12(19-20-13)10-4-2-1-3-5-10/h1-9,18H,(H,19,20)(H,21,22). The number of nitrogens with one attached hydrogen (secondary N) is 3. The molecule has 0 spiro atoms. The summed E-state index contributed by atoms with van der Waals surface area (Å²) in [6.07, 6.45) is 1.28. The number of rotatable bonds is 4. The zero-order valence-electron chi connectivity index (χ0n) is 11.4. The number of nitrogens with zero attached hydrogens (tertiary/aromatic N) is 2. The van der Waals surface area contributed by atoms with E-state index >= 15 is 0 Å². The molecule has 1 amide bonds. The van der Waals surface area contributed by atoms with Gasteiger partial charge in [0.05, 0.1) is 17.6 Å². The van der Waals surface area contributed by atoms with Crippen LogP contribution in [0.3, 0.4) is 0 Å². The highest BCUT2D eigenvalue weighted by molar-refractivity contribution is 5.94. The van der Waals surface area contributed by atoms with Gasteiger partial charge in [-0.2, -0.15) is 9.49 Å². The van der Waals surface area contributed by atoms with Crippen molar-refractivity contribution >= 4 is 11.6 Å². The molecule has 0 fully saturated rings. The summed E-state index contributed by atoms with van der Waals surface area (Å²) in [5.74, 6) is -0.975. The second-order valence-electron chi connectivity index (χ2n) is 4.48. The third kappa shape index (κ3) is 3.09. The number of hydrazine groups is 1. The number of carbonyl (C=O) groups is 1. The molecule has 0 unspecified atom stereocenters. The van der Waals surface area contributed by atoms with Crippen LogP contribution in [-0.2, 0) is 0 Å². The Balaban J connectivity index is 1.66. The van der Waals surface area contributed by atoms with Crippen LogP contribution in [0.5, 0.6) is 0 Å². The molecule has 2 aromatic heterocycles. The molecule has 0 atom stereocenters. The summed E-state index contributed by atoms with van der Waals surface area (Å²) in [6.45, 7) is 0. The third-order valence-electron chi connectivity index (χ3n) is 2.94. The maximum Gasteiger partial charge on any atom is 0.287 e. The van der Waals surface area contributed by atoms with Gasteiger partial charge in [0, 0.05) is 5.56 Å². The van der Waals surface area contributed by atoms with Gasteiger partial charge >= 0.3 is 0 Å². The lowest BCUT2D eigenvalue weighted by atomic mass is 10.1. The average Bonchev–Trinajstić information content (AvgIpc) is 3.05. The summed E-state index contributed by atoms with van der Waals surface area (Å²) in [6, 6.07) is 13.8. The second-order valence-corrected chi connectivity index (χ2v) is 4.48. The fraction of sp³-hybridized carbons (Fsp3) is 0. The van der Waals surface area contributed by atoms with Crippen LogP contribution in [0.25, 0.3) is 11.3 Å². The fourth-order valence-electron chi connectivity index (χ4n) is 1.84. The number of amides is 1. The number of halogens is 1. The van der Waals surface area contributed by atoms with Crippen molar-refractivity contribution in [3.8, 4) is 11.3 Å². The van der Waals surface area contributed by atoms with E-state index in [1.54, 1.807) is 6.07 Å². The van der Waals surface area contributed by atoms with Crippen LogP contribution in [0, 0.1) is 5.95 Å². The third-order valence-corrected chi connectivity index (χ3v) is 2.94. The van der Waals surface area contributed by atoms with Gasteiger partial charge in [0.1, 0.15) is 5.69 Å². The quantitative estimate of drug-likeness (QED) is 0.510. The van der Waals surface area contributed by atoms with Gasteiger partial charge in [-0.25, -0.2) is 4.98 Å². The first-order valence-corrected chi connectivity index (χ1v) is 6.51. The van der Waals surface area contributed by atoms with Gasteiger partial charge in [0.15, 0.2) is 0 Å². The number of aromatic nitrogens is 3. The topological polar surface area (TPSA) is 82.7 Å². The smallest absolute Gasteiger partial charge is 0.287 e. The Bertz CT molecular complexity index is 770. The largest absolute Gasteiger partial charge is 0.297 e. The highest BCUT2D eigenvalue weighted by Crippen LogP contribution is 2.16. The first-order valence-electron chi connectivity index (χ1n) is 6.51. The SMILES string of the molecule is O=C(NNc1ccc(F)nc1)c1cc(-c2ccccc2)n[nH]1. The van der Waals surface area contributed by atoms with E-state index in [0.717, 1.165) is 5.56 Å². The van der Waals surface area contributed by atoms with Crippen molar-refractivity contribution in [2.75, 3.05) is 5.43 Å². The van der Waals surface area contributed by atoms with Gasteiger partial charge in [-0.1, -0.05) is 30.3 Å². The molecule has 7 heteroatoms. The van der Waals surface area contributed by atoms with Crippen LogP contribution in [0.2, 0.25) is 0 Å². The lowest BCUT2D eigenvalue weighted by molar-refractivity contribution is 0.0957. The van der Waals surface area contributed by atoms with Gasteiger partial charge in [0.2, 0.25) is 5.95 Å². The molecule has 22 heavy (non-hydrogen) atoms. The number of pyridine rings is 1. The van der Waals surface area contributed by atoms with Crippen molar-refractivity contribution in [1.82, 2.24) is 20.6 Å². The van der Waals surface area contributed by atoms with Crippen molar-refractivity contribution in [1.29, 1.82) is 0 Å². The minimum absolute atomic E-state index is 0.307. The number of aromatic amines is 1. The van der Waals surface area contributed by atoms with Crippen molar-refractivity contribution in [2.45, 2.75) is 0 Å². The maximum atomic E-state index is 12.7. The normalized spacial score (nSPS) is 10.2. The maximum absolute atomic E-state index is 12.7. The van der Waals surface area contributed by atoms with E-state index in [4.69, 9.17) is 0 Å². The Kier molecular flexibility index (Phi) is 3.78. The second kappa shape index (κ2) is 6.04. The Labute approximate surface area is 125 Å². The monoisotopic (exact) mass is 297 g/mol. The van der Waals surface area contributed by atoms with E-state index in [1.165, 1.54) is 18.3 Å². The summed E-state index contributed by atoms with van der Waals surface area (Å²) in [7, 11) is 0. The van der Waals surface area contributed by atoms with E-state index in [-0.39, 0.29) is 5.91 Å². The number of anilines is 1. The Morgan fingerprint density at radius 2 is 1.95 bits per heavy atom. The molecule has 1 aromatic carbocycles. The molecule has 110 valence electrons. The van der Waals surface area contributed by atoms with Crippen LogP contribution in [0.4, 0.5) is 10.1 Å². The van der Waals surface area contributed by atoms with Crippen molar-refractivity contribution < 1.29 is 9.18 Å². The highest BCUT2D eigenvalue weighted by atomic mass is 19.1. The predicted molar refractivity (Wildman–Crippen MR) is 79.3 cm³/mol. The lowest BCUT2D eigenvalue weighted by Crippen LogP contribution is -2.29. The fourth-order valence-corrected chi connectivity index (χ4v) is 1.84. The molecule has 0 aliphatic heterocycles. The van der Waals surface area contributed by atoms with Crippen molar-refractivity contribution in [3.63, 3.8) is 0 Å². The summed E-state index contributed by atoms with van der Waals surface area (Å²) in [5.41, 5.74) is 7.48. The molecule has 2 heterocycles. The van der Waals surface area contributed by atoms with E-state index in [2.05, 4.69) is 26.0 Å². The van der Waals surface area contributed by atoms with Crippen LogP contribution in [0.15, 0.2) is 54.7 Å². The van der Waals surface area contributed by atoms with Gasteiger partial charge in [-0.3, -0.25) is 20.7 Å². The molecule has 3 rings (SSSR count). The molecule has 0 radical (unpaired) electrons. The number of hydrogen-bond donors (Lipinski definition) is 3. The molecule has 6 nitrogen and oxygen atoms in total. The van der Waals surface area contributed by atoms with E-state index in [1.807, 2.05) is 30.3 Å².